The van der Waals surface area contributed by atoms with E-state index in [-0.39, 0.29) is 30.3 Å². The molecule has 0 aliphatic carbocycles. The first-order valence-corrected chi connectivity index (χ1v) is 5.68. The summed E-state index contributed by atoms with van der Waals surface area (Å²) in [7, 11) is 0. The highest BCUT2D eigenvalue weighted by molar-refractivity contribution is 6.30. The number of carbonyl (C=O) groups excluding carboxylic acids is 1. The molecule has 1 aromatic carbocycles. The van der Waals surface area contributed by atoms with Crippen molar-refractivity contribution in [3.63, 3.8) is 0 Å². The second-order valence-corrected chi connectivity index (χ2v) is 4.36. The maximum absolute atomic E-state index is 11.6. The number of hydrogen-bond acceptors (Lipinski definition) is 2. The minimum Gasteiger partial charge on any atom is -0.349 e. The molecular weight excluding hydrogens is 259 g/mol. The Bertz CT molecular complexity index is 371. The summed E-state index contributed by atoms with van der Waals surface area (Å²) in [6.07, 6.45) is 0. The molecule has 3 nitrogen and oxygen atoms in total. The fourth-order valence-electron chi connectivity index (χ4n) is 1.32. The molecule has 0 saturated heterocycles. The van der Waals surface area contributed by atoms with Crippen molar-refractivity contribution in [2.45, 2.75) is 19.9 Å². The zero-order valence-corrected chi connectivity index (χ0v) is 11.5. The predicted octanol–water partition coefficient (Wildman–Crippen LogP) is 2.53. The van der Waals surface area contributed by atoms with Crippen LogP contribution in [-0.4, -0.2) is 12.5 Å². The largest absolute Gasteiger partial charge is 0.349 e. The van der Waals surface area contributed by atoms with Gasteiger partial charge in [-0.15, -0.1) is 12.4 Å². The van der Waals surface area contributed by atoms with E-state index in [0.717, 1.165) is 5.56 Å². The molecule has 3 N–H and O–H groups in total. The van der Waals surface area contributed by atoms with E-state index in [1.165, 1.54) is 0 Å². The third kappa shape index (κ3) is 4.94. The third-order valence-corrected chi connectivity index (χ3v) is 2.74. The van der Waals surface area contributed by atoms with Crippen LogP contribution in [0, 0.1) is 5.92 Å². The molecule has 0 aliphatic rings. The van der Waals surface area contributed by atoms with Crippen molar-refractivity contribution in [1.82, 2.24) is 5.32 Å². The van der Waals surface area contributed by atoms with Crippen LogP contribution in [0.15, 0.2) is 24.3 Å². The number of halogens is 2. The quantitative estimate of drug-likeness (QED) is 0.888. The van der Waals surface area contributed by atoms with Crippen LogP contribution in [0.25, 0.3) is 0 Å². The molecule has 2 atom stereocenters. The number of nitrogens with two attached hydrogens (primary N) is 1. The van der Waals surface area contributed by atoms with Crippen LogP contribution >= 0.6 is 24.0 Å². The molecule has 1 unspecified atom stereocenters. The maximum atomic E-state index is 11.6. The summed E-state index contributed by atoms with van der Waals surface area (Å²) in [4.78, 5) is 11.6. The van der Waals surface area contributed by atoms with Crippen molar-refractivity contribution >= 4 is 29.9 Å². The first-order chi connectivity index (χ1) is 7.54. The molecule has 0 heterocycles. The molecule has 5 heteroatoms. The third-order valence-electron chi connectivity index (χ3n) is 2.51. The summed E-state index contributed by atoms with van der Waals surface area (Å²) in [6.45, 7) is 4.08. The Labute approximate surface area is 113 Å². The molecule has 0 fully saturated rings. The average Bonchev–Trinajstić information content (AvgIpc) is 2.27. The molecular formula is C12H18Cl2N2O. The molecule has 0 saturated carbocycles. The summed E-state index contributed by atoms with van der Waals surface area (Å²) in [6, 6.07) is 7.40. The van der Waals surface area contributed by atoms with Crippen LogP contribution < -0.4 is 11.1 Å². The van der Waals surface area contributed by atoms with Crippen molar-refractivity contribution in [3.05, 3.63) is 34.9 Å². The van der Waals surface area contributed by atoms with Gasteiger partial charge in [-0.3, -0.25) is 4.79 Å². The van der Waals surface area contributed by atoms with Crippen LogP contribution in [0.4, 0.5) is 0 Å². The molecule has 1 rings (SSSR count). The molecule has 0 aromatic heterocycles. The molecule has 17 heavy (non-hydrogen) atoms. The molecule has 0 radical (unpaired) electrons. The standard InChI is InChI=1S/C12H17ClN2O.ClH/c1-8(7-14)12(16)15-9(2)10-4-3-5-11(13)6-10;/h3-6,8-9H,7,14H2,1-2H3,(H,15,16);1H/t8?,9-;/m1./s1. The zero-order chi connectivity index (χ0) is 12.1. The van der Waals surface area contributed by atoms with Gasteiger partial charge in [0.05, 0.1) is 6.04 Å². The van der Waals surface area contributed by atoms with Gasteiger partial charge in [-0.05, 0) is 24.6 Å². The van der Waals surface area contributed by atoms with E-state index in [2.05, 4.69) is 5.32 Å². The predicted molar refractivity (Wildman–Crippen MR) is 73.5 cm³/mol. The summed E-state index contributed by atoms with van der Waals surface area (Å²) in [5.41, 5.74) is 6.42. The van der Waals surface area contributed by atoms with E-state index in [4.69, 9.17) is 17.3 Å². The molecule has 0 aliphatic heterocycles. The Morgan fingerprint density at radius 2 is 2.12 bits per heavy atom. The fraction of sp³-hybridized carbons (Fsp3) is 0.417. The minimum atomic E-state index is -0.165. The average molecular weight is 277 g/mol. The van der Waals surface area contributed by atoms with E-state index in [1.54, 1.807) is 6.92 Å². The Morgan fingerprint density at radius 1 is 1.47 bits per heavy atom. The number of amides is 1. The molecule has 1 amide bonds. The van der Waals surface area contributed by atoms with Crippen molar-refractivity contribution in [3.8, 4) is 0 Å². The topological polar surface area (TPSA) is 55.1 Å². The van der Waals surface area contributed by atoms with Crippen molar-refractivity contribution in [1.29, 1.82) is 0 Å². The van der Waals surface area contributed by atoms with Gasteiger partial charge >= 0.3 is 0 Å². The Kier molecular flexibility index (Phi) is 7.19. The van der Waals surface area contributed by atoms with Crippen LogP contribution in [-0.2, 0) is 4.79 Å². The van der Waals surface area contributed by atoms with Gasteiger partial charge in [0.25, 0.3) is 0 Å². The van der Waals surface area contributed by atoms with Crippen LogP contribution in [0.1, 0.15) is 25.5 Å². The Balaban J connectivity index is 0.00000256. The van der Waals surface area contributed by atoms with Gasteiger partial charge in [-0.2, -0.15) is 0 Å². The lowest BCUT2D eigenvalue weighted by Gasteiger charge is -2.17. The highest BCUT2D eigenvalue weighted by atomic mass is 35.5. The van der Waals surface area contributed by atoms with Crippen molar-refractivity contribution in [2.75, 3.05) is 6.54 Å². The zero-order valence-electron chi connectivity index (χ0n) is 9.94. The lowest BCUT2D eigenvalue weighted by molar-refractivity contribution is -0.124. The van der Waals surface area contributed by atoms with E-state index in [9.17, 15) is 4.79 Å². The van der Waals surface area contributed by atoms with Gasteiger partial charge in [0.2, 0.25) is 5.91 Å². The number of hydrogen-bond donors (Lipinski definition) is 2. The highest BCUT2D eigenvalue weighted by Gasteiger charge is 2.14. The summed E-state index contributed by atoms with van der Waals surface area (Å²) in [5.74, 6) is -0.198. The van der Waals surface area contributed by atoms with Crippen LogP contribution in [0.5, 0.6) is 0 Å². The lowest BCUT2D eigenvalue weighted by atomic mass is 10.1. The van der Waals surface area contributed by atoms with Gasteiger partial charge in [0.1, 0.15) is 0 Å². The van der Waals surface area contributed by atoms with Gasteiger partial charge < -0.3 is 11.1 Å². The maximum Gasteiger partial charge on any atom is 0.224 e. The Morgan fingerprint density at radius 3 is 2.65 bits per heavy atom. The number of nitrogens with one attached hydrogen (secondary N) is 1. The van der Waals surface area contributed by atoms with Crippen molar-refractivity contribution < 1.29 is 4.79 Å². The molecule has 0 spiro atoms. The smallest absolute Gasteiger partial charge is 0.224 e. The second kappa shape index (κ2) is 7.54. The van der Waals surface area contributed by atoms with E-state index in [0.29, 0.717) is 11.6 Å². The molecule has 96 valence electrons. The summed E-state index contributed by atoms with van der Waals surface area (Å²) < 4.78 is 0. The Hall–Kier alpha value is -0.770. The lowest BCUT2D eigenvalue weighted by Crippen LogP contribution is -2.34. The molecule has 1 aromatic rings. The molecule has 0 bridgehead atoms. The minimum absolute atomic E-state index is 0. The number of carbonyl (C=O) groups is 1. The van der Waals surface area contributed by atoms with Crippen LogP contribution in [0.3, 0.4) is 0 Å². The number of benzene rings is 1. The van der Waals surface area contributed by atoms with E-state index in [1.807, 2.05) is 31.2 Å². The first kappa shape index (κ1) is 16.2. The summed E-state index contributed by atoms with van der Waals surface area (Å²) >= 11 is 5.88. The normalized spacial score (nSPS) is 13.4. The number of rotatable bonds is 4. The van der Waals surface area contributed by atoms with Crippen LogP contribution in [0.2, 0.25) is 5.02 Å². The van der Waals surface area contributed by atoms with E-state index < -0.39 is 0 Å². The fourth-order valence-corrected chi connectivity index (χ4v) is 1.52. The van der Waals surface area contributed by atoms with Gasteiger partial charge in [-0.25, -0.2) is 0 Å². The second-order valence-electron chi connectivity index (χ2n) is 3.92. The SMILES string of the molecule is CC(CN)C(=O)N[C@H](C)c1cccc(Cl)c1.Cl. The van der Waals surface area contributed by atoms with Gasteiger partial charge in [0, 0.05) is 17.5 Å². The summed E-state index contributed by atoms with van der Waals surface area (Å²) in [5, 5.41) is 3.57. The van der Waals surface area contributed by atoms with Gasteiger partial charge in [-0.1, -0.05) is 30.7 Å². The van der Waals surface area contributed by atoms with E-state index >= 15 is 0 Å². The van der Waals surface area contributed by atoms with Gasteiger partial charge in [0.15, 0.2) is 0 Å². The highest BCUT2D eigenvalue weighted by Crippen LogP contribution is 2.17. The van der Waals surface area contributed by atoms with Crippen molar-refractivity contribution in [2.24, 2.45) is 11.7 Å². The monoisotopic (exact) mass is 276 g/mol. The first-order valence-electron chi connectivity index (χ1n) is 5.30.